The fourth-order valence-corrected chi connectivity index (χ4v) is 6.05. The van der Waals surface area contributed by atoms with E-state index in [-0.39, 0.29) is 13.1 Å². The number of aryl methyl sites for hydroxylation is 4. The van der Waals surface area contributed by atoms with Crippen LogP contribution in [0.3, 0.4) is 0 Å². The molecule has 3 aromatic heterocycles. The summed E-state index contributed by atoms with van der Waals surface area (Å²) >= 11 is 3.61. The van der Waals surface area contributed by atoms with E-state index in [2.05, 4.69) is 31.0 Å². The topological polar surface area (TPSA) is 163 Å². The molecule has 3 heterocycles. The van der Waals surface area contributed by atoms with Crippen molar-refractivity contribution in [1.29, 1.82) is 0 Å². The molecule has 0 saturated heterocycles. The van der Waals surface area contributed by atoms with E-state index < -0.39 is 24.0 Å². The van der Waals surface area contributed by atoms with Crippen LogP contribution in [-0.4, -0.2) is 69.3 Å². The molecule has 0 aliphatic carbocycles. The second-order valence-electron chi connectivity index (χ2n) is 10.4. The number of amides is 2. The summed E-state index contributed by atoms with van der Waals surface area (Å²) in [6.45, 7) is 4.17. The van der Waals surface area contributed by atoms with Crippen LogP contribution in [-0.2, 0) is 33.7 Å². The van der Waals surface area contributed by atoms with E-state index in [0.29, 0.717) is 51.3 Å². The largest absolute Gasteiger partial charge is 0.388 e. The molecule has 14 heteroatoms. The van der Waals surface area contributed by atoms with Crippen molar-refractivity contribution >= 4 is 49.8 Å². The van der Waals surface area contributed by atoms with Crippen LogP contribution in [0, 0.1) is 6.92 Å². The molecule has 0 saturated carbocycles. The van der Waals surface area contributed by atoms with Gasteiger partial charge in [-0.1, -0.05) is 6.07 Å². The summed E-state index contributed by atoms with van der Waals surface area (Å²) in [7, 11) is 5.22. The van der Waals surface area contributed by atoms with Gasteiger partial charge in [-0.2, -0.15) is 10.1 Å². The lowest BCUT2D eigenvalue weighted by atomic mass is 10.1. The van der Waals surface area contributed by atoms with E-state index in [0.717, 1.165) is 9.99 Å². The zero-order chi connectivity index (χ0) is 31.2. The van der Waals surface area contributed by atoms with Crippen molar-refractivity contribution in [2.24, 2.45) is 29.8 Å². The fraction of sp³-hybridized carbons (Fsp3) is 0.345. The number of aliphatic hydroxyl groups excluding tert-OH is 2. The van der Waals surface area contributed by atoms with Gasteiger partial charge in [0.25, 0.3) is 5.91 Å². The van der Waals surface area contributed by atoms with Gasteiger partial charge in [0, 0.05) is 37.7 Å². The molecule has 5 rings (SSSR count). The molecule has 13 nitrogen and oxygen atoms in total. The molecule has 2 amide bonds. The number of carbonyl (C=O) groups excluding carboxylic acids is 2. The zero-order valence-corrected chi connectivity index (χ0v) is 26.1. The Bertz CT molecular complexity index is 2030. The third kappa shape index (κ3) is 5.37. The Labute approximate surface area is 255 Å². The molecule has 4 N–H and O–H groups in total. The van der Waals surface area contributed by atoms with Crippen LogP contribution in [0.2, 0.25) is 0 Å². The highest BCUT2D eigenvalue weighted by Crippen LogP contribution is 2.24. The summed E-state index contributed by atoms with van der Waals surface area (Å²) < 4.78 is 9.42. The van der Waals surface area contributed by atoms with Crippen molar-refractivity contribution in [2.75, 3.05) is 7.05 Å². The highest BCUT2D eigenvalue weighted by molar-refractivity contribution is 9.10. The first-order valence-electron chi connectivity index (χ1n) is 13.7. The van der Waals surface area contributed by atoms with E-state index in [1.807, 2.05) is 32.0 Å². The Morgan fingerprint density at radius 1 is 0.977 bits per heavy atom. The monoisotopic (exact) mass is 651 g/mol. The number of fused-ring (bicyclic) bond motifs is 2. The average Bonchev–Trinajstić information content (AvgIpc) is 3.58. The Morgan fingerprint density at radius 2 is 1.65 bits per heavy atom. The van der Waals surface area contributed by atoms with Gasteiger partial charge < -0.3 is 34.2 Å². The first-order chi connectivity index (χ1) is 20.5. The minimum atomic E-state index is -1.26. The molecule has 43 heavy (non-hydrogen) atoms. The third-order valence-corrected chi connectivity index (χ3v) is 8.24. The summed E-state index contributed by atoms with van der Waals surface area (Å²) in [6.07, 6.45) is -2.49. The van der Waals surface area contributed by atoms with Gasteiger partial charge in [0.05, 0.1) is 53.1 Å². The average molecular weight is 653 g/mol. The normalized spacial score (nSPS) is 14.2. The molecule has 2 aromatic carbocycles. The van der Waals surface area contributed by atoms with Gasteiger partial charge >= 0.3 is 0 Å². The molecule has 0 bridgehead atoms. The van der Waals surface area contributed by atoms with Crippen LogP contribution < -0.4 is 17.0 Å². The van der Waals surface area contributed by atoms with Gasteiger partial charge in [-0.3, -0.25) is 19.3 Å². The number of aromatic nitrogens is 6. The van der Waals surface area contributed by atoms with E-state index in [9.17, 15) is 19.8 Å². The van der Waals surface area contributed by atoms with Crippen molar-refractivity contribution in [2.45, 2.75) is 45.7 Å². The number of halogens is 1. The van der Waals surface area contributed by atoms with Crippen LogP contribution in [0.4, 0.5) is 0 Å². The summed E-state index contributed by atoms with van der Waals surface area (Å²) in [6, 6.07) is 12.4. The zero-order valence-electron chi connectivity index (χ0n) is 24.6. The number of imidazole rings is 2. The Morgan fingerprint density at radius 3 is 2.30 bits per heavy atom. The Kier molecular flexibility index (Phi) is 8.27. The van der Waals surface area contributed by atoms with E-state index in [4.69, 9.17) is 5.73 Å². The molecular formula is C29H34BrN9O4. The fourth-order valence-electron chi connectivity index (χ4n) is 5.48. The van der Waals surface area contributed by atoms with Crippen LogP contribution in [0.15, 0.2) is 56.9 Å². The third-order valence-electron chi connectivity index (χ3n) is 7.60. The number of rotatable bonds is 8. The number of carbonyl (C=O) groups is 2. The predicted molar refractivity (Wildman–Crippen MR) is 164 cm³/mol. The number of hydrogen-bond donors (Lipinski definition) is 3. The van der Waals surface area contributed by atoms with Crippen LogP contribution >= 0.6 is 15.9 Å². The number of nitrogens with two attached hydrogens (primary N) is 1. The maximum atomic E-state index is 13.4. The van der Waals surface area contributed by atoms with Crippen molar-refractivity contribution in [3.05, 3.63) is 75.1 Å². The van der Waals surface area contributed by atoms with Crippen molar-refractivity contribution < 1.29 is 19.8 Å². The minimum absolute atomic E-state index is 0.00790. The highest BCUT2D eigenvalue weighted by Gasteiger charge is 2.24. The highest BCUT2D eigenvalue weighted by atomic mass is 79.9. The summed E-state index contributed by atoms with van der Waals surface area (Å²) in [5, 5.41) is 27.0. The van der Waals surface area contributed by atoms with E-state index >= 15 is 0 Å². The molecule has 2 unspecified atom stereocenters. The summed E-state index contributed by atoms with van der Waals surface area (Å²) in [5.41, 5.74) is 10.6. The number of aliphatic hydroxyl groups is 2. The van der Waals surface area contributed by atoms with Gasteiger partial charge in [0.15, 0.2) is 0 Å². The molecular weight excluding hydrogens is 618 g/mol. The van der Waals surface area contributed by atoms with Crippen molar-refractivity contribution in [3.63, 3.8) is 0 Å². The standard InChI is InChI=1S/C29H34BrN9O4/c1-6-39-22(12-16(2)34-39)27(43)33-29-35(4)20-9-7-8-18(30)25(20)38(29)15-24(41)23(40)14-37-19-11-10-17(26(31)42)13-21(19)36(5)28(37)32-3/h7-13,23-24,40-41H,6,14-15H2,1-5H3,(H2,31,42)/b32-28+,33-29+. The molecule has 0 fully saturated rings. The van der Waals surface area contributed by atoms with Gasteiger partial charge in [0.2, 0.25) is 17.1 Å². The van der Waals surface area contributed by atoms with Crippen LogP contribution in [0.25, 0.3) is 22.1 Å². The molecule has 5 aromatic rings. The second-order valence-corrected chi connectivity index (χ2v) is 11.2. The lowest BCUT2D eigenvalue weighted by molar-refractivity contribution is -0.000156. The van der Waals surface area contributed by atoms with Gasteiger partial charge in [0.1, 0.15) is 5.69 Å². The van der Waals surface area contributed by atoms with E-state index in [1.165, 1.54) is 0 Å². The number of para-hydroxylation sites is 1. The Balaban J connectivity index is 1.55. The minimum Gasteiger partial charge on any atom is -0.388 e. The maximum absolute atomic E-state index is 13.4. The predicted octanol–water partition coefficient (Wildman–Crippen LogP) is 1.35. The van der Waals surface area contributed by atoms with Gasteiger partial charge in [-0.15, -0.1) is 0 Å². The SMILES string of the molecule is CCn1nc(C)cc1C(=O)/N=c1\n(C)c2cccc(Br)c2n1CC(O)C(O)Cn1/c(=N/C)n(C)c2cc(C(N)=O)ccc21. The first kappa shape index (κ1) is 30.2. The quantitative estimate of drug-likeness (QED) is 0.230. The van der Waals surface area contributed by atoms with E-state index in [1.54, 1.807) is 68.4 Å². The molecule has 226 valence electrons. The van der Waals surface area contributed by atoms with Gasteiger partial charge in [-0.25, -0.2) is 0 Å². The van der Waals surface area contributed by atoms with Crippen molar-refractivity contribution in [3.8, 4) is 0 Å². The maximum Gasteiger partial charge on any atom is 0.298 e. The van der Waals surface area contributed by atoms with Crippen LogP contribution in [0.1, 0.15) is 33.5 Å². The lowest BCUT2D eigenvalue weighted by Crippen LogP contribution is -2.39. The second kappa shape index (κ2) is 11.8. The molecule has 0 aliphatic rings. The van der Waals surface area contributed by atoms with Gasteiger partial charge in [-0.05, 0) is 66.2 Å². The molecule has 2 atom stereocenters. The van der Waals surface area contributed by atoms with Crippen molar-refractivity contribution in [1.82, 2.24) is 28.0 Å². The Hall–Kier alpha value is -4.27. The number of primary amides is 1. The van der Waals surface area contributed by atoms with Crippen LogP contribution in [0.5, 0.6) is 0 Å². The number of hydrogen-bond acceptors (Lipinski definition) is 6. The first-order valence-corrected chi connectivity index (χ1v) is 14.5. The summed E-state index contributed by atoms with van der Waals surface area (Å²) in [4.78, 5) is 34.0. The molecule has 0 aliphatic heterocycles. The lowest BCUT2D eigenvalue weighted by Gasteiger charge is -2.20. The molecule has 0 radical (unpaired) electrons. The number of nitrogens with zero attached hydrogens (tertiary/aromatic N) is 8. The molecule has 0 spiro atoms. The number of benzene rings is 2. The summed E-state index contributed by atoms with van der Waals surface area (Å²) in [5.74, 6) is -1.02. The smallest absolute Gasteiger partial charge is 0.298 e.